The van der Waals surface area contributed by atoms with Crippen LogP contribution in [0.25, 0.3) is 0 Å². The lowest BCUT2D eigenvalue weighted by Gasteiger charge is -2.11. The molecule has 0 saturated carbocycles. The summed E-state index contributed by atoms with van der Waals surface area (Å²) in [5.74, 6) is 0. The van der Waals surface area contributed by atoms with E-state index in [9.17, 15) is 0 Å². The Kier molecular flexibility index (Phi) is 4.77. The number of nitrogens with one attached hydrogen (secondary N) is 1. The molecule has 0 spiro atoms. The third-order valence-corrected chi connectivity index (χ3v) is 4.57. The van der Waals surface area contributed by atoms with E-state index in [1.165, 1.54) is 16.7 Å². The van der Waals surface area contributed by atoms with Gasteiger partial charge < -0.3 is 5.32 Å². The van der Waals surface area contributed by atoms with Gasteiger partial charge in [-0.25, -0.2) is 0 Å². The van der Waals surface area contributed by atoms with E-state index in [2.05, 4.69) is 53.3 Å². The molecule has 4 heteroatoms. The summed E-state index contributed by atoms with van der Waals surface area (Å²) in [6.07, 6.45) is 0. The topological polar surface area (TPSA) is 12.0 Å². The van der Waals surface area contributed by atoms with Crippen molar-refractivity contribution >= 4 is 44.8 Å². The molecule has 19 heavy (non-hydrogen) atoms. The van der Waals surface area contributed by atoms with E-state index in [0.29, 0.717) is 10.0 Å². The van der Waals surface area contributed by atoms with Crippen molar-refractivity contribution in [3.8, 4) is 0 Å². The molecule has 2 aromatic rings. The van der Waals surface area contributed by atoms with Gasteiger partial charge in [-0.1, -0.05) is 52.5 Å². The fourth-order valence-corrected chi connectivity index (χ4v) is 2.87. The molecule has 0 atom stereocenters. The lowest BCUT2D eigenvalue weighted by molar-refractivity contribution is 1.13. The summed E-state index contributed by atoms with van der Waals surface area (Å²) in [7, 11) is 0. The zero-order chi connectivity index (χ0) is 14.0. The van der Waals surface area contributed by atoms with Crippen LogP contribution in [0.3, 0.4) is 0 Å². The van der Waals surface area contributed by atoms with E-state index in [0.717, 1.165) is 16.7 Å². The molecule has 0 unspecified atom stereocenters. The van der Waals surface area contributed by atoms with Crippen LogP contribution in [0.4, 0.5) is 5.69 Å². The summed E-state index contributed by atoms with van der Waals surface area (Å²) in [4.78, 5) is 0. The fraction of sp³-hybridized carbons (Fsp3) is 0.200. The highest BCUT2D eigenvalue weighted by Crippen LogP contribution is 2.35. The summed E-state index contributed by atoms with van der Waals surface area (Å²) in [6, 6.07) is 10.3. The molecule has 0 aliphatic carbocycles. The summed E-state index contributed by atoms with van der Waals surface area (Å²) < 4.78 is 0.802. The number of anilines is 1. The SMILES string of the molecule is Cc1cc(C)cc(CNc2ccc(Br)c(Cl)c2Cl)c1. The molecule has 0 radical (unpaired) electrons. The Hall–Kier alpha value is -0.700. The van der Waals surface area contributed by atoms with E-state index < -0.39 is 0 Å². The Morgan fingerprint density at radius 3 is 2.26 bits per heavy atom. The second-order valence-electron chi connectivity index (χ2n) is 4.57. The average molecular weight is 359 g/mol. The minimum absolute atomic E-state index is 0.534. The van der Waals surface area contributed by atoms with Gasteiger partial charge in [-0.2, -0.15) is 0 Å². The quantitative estimate of drug-likeness (QED) is 0.665. The van der Waals surface area contributed by atoms with Crippen LogP contribution < -0.4 is 5.32 Å². The van der Waals surface area contributed by atoms with E-state index in [1.807, 2.05) is 12.1 Å². The van der Waals surface area contributed by atoms with Gasteiger partial charge in [-0.15, -0.1) is 0 Å². The van der Waals surface area contributed by atoms with Crippen molar-refractivity contribution in [3.05, 3.63) is 61.5 Å². The molecule has 0 aliphatic rings. The molecule has 0 saturated heterocycles. The zero-order valence-electron chi connectivity index (χ0n) is 10.7. The van der Waals surface area contributed by atoms with Gasteiger partial charge >= 0.3 is 0 Å². The second kappa shape index (κ2) is 6.17. The minimum Gasteiger partial charge on any atom is -0.380 e. The molecule has 0 amide bonds. The van der Waals surface area contributed by atoms with Gasteiger partial charge in [0.2, 0.25) is 0 Å². The van der Waals surface area contributed by atoms with Gasteiger partial charge in [0.1, 0.15) is 0 Å². The van der Waals surface area contributed by atoms with Crippen molar-refractivity contribution < 1.29 is 0 Å². The highest BCUT2D eigenvalue weighted by Gasteiger charge is 2.08. The Balaban J connectivity index is 2.17. The van der Waals surface area contributed by atoms with Crippen molar-refractivity contribution in [1.82, 2.24) is 0 Å². The highest BCUT2D eigenvalue weighted by atomic mass is 79.9. The summed E-state index contributed by atoms with van der Waals surface area (Å²) in [6.45, 7) is 4.92. The molecular weight excluding hydrogens is 345 g/mol. The maximum Gasteiger partial charge on any atom is 0.0835 e. The van der Waals surface area contributed by atoms with Crippen molar-refractivity contribution in [2.24, 2.45) is 0 Å². The summed E-state index contributed by atoms with van der Waals surface area (Å²) in [5, 5.41) is 4.39. The molecule has 0 aromatic heterocycles. The van der Waals surface area contributed by atoms with Gasteiger partial charge in [0.25, 0.3) is 0 Å². The van der Waals surface area contributed by atoms with Gasteiger partial charge in [0, 0.05) is 11.0 Å². The van der Waals surface area contributed by atoms with Gasteiger partial charge in [-0.05, 0) is 47.5 Å². The lowest BCUT2D eigenvalue weighted by atomic mass is 10.1. The van der Waals surface area contributed by atoms with Gasteiger partial charge in [-0.3, -0.25) is 0 Å². The Labute approximate surface area is 132 Å². The maximum atomic E-state index is 6.20. The first-order chi connectivity index (χ1) is 8.97. The van der Waals surface area contributed by atoms with Gasteiger partial charge in [0.05, 0.1) is 15.7 Å². The molecule has 1 N–H and O–H groups in total. The predicted octanol–water partition coefficient (Wildman–Crippen LogP) is 5.98. The monoisotopic (exact) mass is 357 g/mol. The van der Waals surface area contributed by atoms with Crippen LogP contribution >= 0.6 is 39.1 Å². The van der Waals surface area contributed by atoms with E-state index in [1.54, 1.807) is 0 Å². The molecule has 1 nitrogen and oxygen atoms in total. The smallest absolute Gasteiger partial charge is 0.0835 e. The fourth-order valence-electron chi connectivity index (χ4n) is 2.03. The highest BCUT2D eigenvalue weighted by molar-refractivity contribution is 9.10. The number of benzene rings is 2. The Morgan fingerprint density at radius 1 is 1.00 bits per heavy atom. The molecule has 0 fully saturated rings. The van der Waals surface area contributed by atoms with Crippen molar-refractivity contribution in [1.29, 1.82) is 0 Å². The van der Waals surface area contributed by atoms with Crippen LogP contribution in [-0.2, 0) is 6.54 Å². The van der Waals surface area contributed by atoms with Crippen LogP contribution in [0, 0.1) is 13.8 Å². The van der Waals surface area contributed by atoms with Gasteiger partial charge in [0.15, 0.2) is 0 Å². The molecule has 0 aliphatic heterocycles. The largest absolute Gasteiger partial charge is 0.380 e. The molecule has 0 heterocycles. The first-order valence-corrected chi connectivity index (χ1v) is 7.47. The number of hydrogen-bond acceptors (Lipinski definition) is 1. The predicted molar refractivity (Wildman–Crippen MR) is 87.4 cm³/mol. The molecule has 2 aromatic carbocycles. The normalized spacial score (nSPS) is 10.6. The van der Waals surface area contributed by atoms with Crippen LogP contribution in [0.5, 0.6) is 0 Å². The van der Waals surface area contributed by atoms with Crippen LogP contribution in [-0.4, -0.2) is 0 Å². The third kappa shape index (κ3) is 3.65. The summed E-state index contributed by atoms with van der Waals surface area (Å²) in [5.41, 5.74) is 4.59. The molecule has 100 valence electrons. The molecular formula is C15H14BrCl2N. The average Bonchev–Trinajstić information content (AvgIpc) is 2.34. The van der Waals surface area contributed by atoms with Crippen LogP contribution in [0.2, 0.25) is 10.0 Å². The molecule has 0 bridgehead atoms. The first kappa shape index (κ1) is 14.7. The number of rotatable bonds is 3. The molecule has 2 rings (SSSR count). The van der Waals surface area contributed by atoms with Crippen LogP contribution in [0.1, 0.15) is 16.7 Å². The Bertz CT molecular complexity index is 591. The van der Waals surface area contributed by atoms with Crippen LogP contribution in [0.15, 0.2) is 34.8 Å². The van der Waals surface area contributed by atoms with Crippen molar-refractivity contribution in [2.75, 3.05) is 5.32 Å². The number of aryl methyl sites for hydroxylation is 2. The first-order valence-electron chi connectivity index (χ1n) is 5.92. The minimum atomic E-state index is 0.534. The van der Waals surface area contributed by atoms with Crippen molar-refractivity contribution in [3.63, 3.8) is 0 Å². The van der Waals surface area contributed by atoms with E-state index >= 15 is 0 Å². The number of hydrogen-bond donors (Lipinski definition) is 1. The second-order valence-corrected chi connectivity index (χ2v) is 6.18. The summed E-state index contributed by atoms with van der Waals surface area (Å²) >= 11 is 15.7. The lowest BCUT2D eigenvalue weighted by Crippen LogP contribution is -2.01. The zero-order valence-corrected chi connectivity index (χ0v) is 13.8. The standard InChI is InChI=1S/C15H14BrCl2N/c1-9-5-10(2)7-11(6-9)8-19-13-4-3-12(16)14(17)15(13)18/h3-7,19H,8H2,1-2H3. The Morgan fingerprint density at radius 2 is 1.63 bits per heavy atom. The maximum absolute atomic E-state index is 6.20. The number of halogens is 3. The van der Waals surface area contributed by atoms with E-state index in [-0.39, 0.29) is 0 Å². The third-order valence-electron chi connectivity index (χ3n) is 2.80. The van der Waals surface area contributed by atoms with E-state index in [4.69, 9.17) is 23.2 Å². The van der Waals surface area contributed by atoms with Crippen molar-refractivity contribution in [2.45, 2.75) is 20.4 Å².